The lowest BCUT2D eigenvalue weighted by Gasteiger charge is -2.25. The van der Waals surface area contributed by atoms with Crippen LogP contribution in [0.3, 0.4) is 0 Å². The molecule has 0 aliphatic carbocycles. The number of nitro groups is 1. The van der Waals surface area contributed by atoms with Crippen molar-refractivity contribution in [3.8, 4) is 11.3 Å². The van der Waals surface area contributed by atoms with Crippen LogP contribution in [0.25, 0.3) is 17.4 Å². The Morgan fingerprint density at radius 1 is 1.16 bits per heavy atom. The number of urea groups is 1. The summed E-state index contributed by atoms with van der Waals surface area (Å²) in [6.07, 6.45) is 2.62. The average molecular weight is 421 g/mol. The van der Waals surface area contributed by atoms with Gasteiger partial charge in [-0.05, 0) is 42.8 Å². The minimum atomic E-state index is -0.852. The number of nitrogens with zero attached hydrogens (tertiary/aromatic N) is 2. The van der Waals surface area contributed by atoms with Crippen LogP contribution in [-0.4, -0.2) is 27.7 Å². The number of carbonyl (C=O) groups excluding carboxylic acids is 3. The van der Waals surface area contributed by atoms with Crippen molar-refractivity contribution < 1.29 is 28.1 Å². The molecular weight excluding hydrogens is 406 g/mol. The molecule has 0 bridgehead atoms. The van der Waals surface area contributed by atoms with Crippen LogP contribution in [0.2, 0.25) is 0 Å². The molecule has 1 aromatic carbocycles. The van der Waals surface area contributed by atoms with Gasteiger partial charge in [0.15, 0.2) is 0 Å². The van der Waals surface area contributed by atoms with E-state index >= 15 is 0 Å². The third kappa shape index (κ3) is 3.86. The smallest absolute Gasteiger partial charge is 0.331 e. The van der Waals surface area contributed by atoms with Gasteiger partial charge in [-0.25, -0.2) is 4.79 Å². The van der Waals surface area contributed by atoms with Crippen LogP contribution < -0.4 is 5.32 Å². The van der Waals surface area contributed by atoms with Crippen molar-refractivity contribution in [1.82, 2.24) is 10.2 Å². The number of nitro benzene ring substituents is 1. The van der Waals surface area contributed by atoms with Crippen LogP contribution in [0, 0.1) is 17.0 Å². The van der Waals surface area contributed by atoms with Gasteiger partial charge in [-0.3, -0.25) is 29.9 Å². The van der Waals surface area contributed by atoms with Crippen LogP contribution in [0.15, 0.2) is 63.1 Å². The van der Waals surface area contributed by atoms with E-state index in [1.807, 2.05) is 0 Å². The maximum absolute atomic E-state index is 12.7. The molecule has 4 amide bonds. The Balaban J connectivity index is 1.64. The molecule has 0 spiro atoms. The molecule has 0 radical (unpaired) electrons. The van der Waals surface area contributed by atoms with Crippen LogP contribution in [0.5, 0.6) is 0 Å². The van der Waals surface area contributed by atoms with E-state index in [0.717, 1.165) is 10.5 Å². The van der Waals surface area contributed by atoms with Gasteiger partial charge in [-0.15, -0.1) is 0 Å². The second-order valence-corrected chi connectivity index (χ2v) is 6.75. The molecule has 1 saturated heterocycles. The Morgan fingerprint density at radius 2 is 1.97 bits per heavy atom. The Kier molecular flexibility index (Phi) is 4.96. The average Bonchev–Trinajstić information content (AvgIpc) is 3.40. The number of non-ortho nitro benzene ring substituents is 1. The summed E-state index contributed by atoms with van der Waals surface area (Å²) in [5.41, 5.74) is 0.877. The molecule has 10 nitrogen and oxygen atoms in total. The molecule has 0 saturated carbocycles. The van der Waals surface area contributed by atoms with Gasteiger partial charge in [0.1, 0.15) is 22.9 Å². The van der Waals surface area contributed by atoms with E-state index in [0.29, 0.717) is 17.1 Å². The van der Waals surface area contributed by atoms with Crippen molar-refractivity contribution in [2.75, 3.05) is 0 Å². The topological polar surface area (TPSA) is 136 Å². The maximum atomic E-state index is 12.7. The van der Waals surface area contributed by atoms with E-state index in [9.17, 15) is 24.5 Å². The summed E-state index contributed by atoms with van der Waals surface area (Å²) >= 11 is 0. The van der Waals surface area contributed by atoms with Crippen molar-refractivity contribution in [3.05, 3.63) is 81.5 Å². The summed E-state index contributed by atoms with van der Waals surface area (Å²) in [6.45, 7) is 1.63. The number of aryl methyl sites for hydroxylation is 1. The first-order chi connectivity index (χ1) is 14.8. The first-order valence-electron chi connectivity index (χ1n) is 9.10. The Labute approximate surface area is 174 Å². The van der Waals surface area contributed by atoms with Gasteiger partial charge in [0.25, 0.3) is 17.5 Å². The number of carbonyl (C=O) groups is 3. The summed E-state index contributed by atoms with van der Waals surface area (Å²) in [5.74, 6) is -0.768. The Bertz CT molecular complexity index is 1240. The number of nitrogens with one attached hydrogen (secondary N) is 1. The van der Waals surface area contributed by atoms with Gasteiger partial charge in [0.2, 0.25) is 0 Å². The summed E-state index contributed by atoms with van der Waals surface area (Å²) in [4.78, 5) is 48.4. The molecule has 156 valence electrons. The molecule has 4 rings (SSSR count). The SMILES string of the molecule is Cc1ccc([N+](=O)[O-])cc1-c1ccc(/C=C2/C(=O)NC(=O)N(Cc3ccco3)C2=O)o1. The zero-order valence-electron chi connectivity index (χ0n) is 16.2. The lowest BCUT2D eigenvalue weighted by atomic mass is 10.1. The number of hydrogen-bond donors (Lipinski definition) is 1. The molecule has 0 unspecified atom stereocenters. The third-order valence-corrected chi connectivity index (χ3v) is 4.69. The van der Waals surface area contributed by atoms with Crippen LogP contribution in [0.4, 0.5) is 10.5 Å². The van der Waals surface area contributed by atoms with Crippen molar-refractivity contribution >= 4 is 29.6 Å². The van der Waals surface area contributed by atoms with Gasteiger partial charge in [-0.2, -0.15) is 0 Å². The largest absolute Gasteiger partial charge is 0.467 e. The predicted molar refractivity (Wildman–Crippen MR) is 106 cm³/mol. The van der Waals surface area contributed by atoms with Crippen molar-refractivity contribution in [1.29, 1.82) is 0 Å². The molecule has 1 N–H and O–H groups in total. The molecule has 1 aliphatic rings. The summed E-state index contributed by atoms with van der Waals surface area (Å²) in [6, 6.07) is 9.84. The summed E-state index contributed by atoms with van der Waals surface area (Å²) in [5, 5.41) is 13.2. The Hall–Kier alpha value is -4.47. The van der Waals surface area contributed by atoms with E-state index in [1.54, 1.807) is 31.2 Å². The molecule has 3 aromatic rings. The van der Waals surface area contributed by atoms with Crippen LogP contribution >= 0.6 is 0 Å². The highest BCUT2D eigenvalue weighted by Crippen LogP contribution is 2.30. The van der Waals surface area contributed by atoms with Gasteiger partial charge in [0.05, 0.1) is 17.7 Å². The van der Waals surface area contributed by atoms with Crippen LogP contribution in [0.1, 0.15) is 17.1 Å². The van der Waals surface area contributed by atoms with Crippen molar-refractivity contribution in [2.45, 2.75) is 13.5 Å². The first kappa shape index (κ1) is 19.8. The molecular formula is C21H15N3O7. The highest BCUT2D eigenvalue weighted by molar-refractivity contribution is 6.30. The summed E-state index contributed by atoms with van der Waals surface area (Å²) in [7, 11) is 0. The monoisotopic (exact) mass is 421 g/mol. The molecule has 1 fully saturated rings. The Morgan fingerprint density at radius 3 is 2.68 bits per heavy atom. The number of rotatable bonds is 5. The number of hydrogen-bond acceptors (Lipinski definition) is 7. The van der Waals surface area contributed by atoms with Crippen molar-refractivity contribution in [3.63, 3.8) is 0 Å². The fourth-order valence-electron chi connectivity index (χ4n) is 3.10. The molecule has 0 atom stereocenters. The quantitative estimate of drug-likeness (QED) is 0.288. The number of barbiturate groups is 1. The van der Waals surface area contributed by atoms with E-state index in [-0.39, 0.29) is 23.6 Å². The van der Waals surface area contributed by atoms with Crippen LogP contribution in [-0.2, 0) is 16.1 Å². The zero-order chi connectivity index (χ0) is 22.1. The van der Waals surface area contributed by atoms with E-state index in [2.05, 4.69) is 5.32 Å². The van der Waals surface area contributed by atoms with Gasteiger partial charge in [-0.1, -0.05) is 6.07 Å². The maximum Gasteiger partial charge on any atom is 0.331 e. The standard InChI is InChI=1S/C21H15N3O7/c1-12-4-5-13(24(28)29)9-16(12)18-7-6-14(31-18)10-17-19(25)22-21(27)23(20(17)26)11-15-3-2-8-30-15/h2-10H,11H2,1H3,(H,22,25,27)/b17-10-. The van der Waals surface area contributed by atoms with Gasteiger partial charge < -0.3 is 8.83 Å². The zero-order valence-corrected chi connectivity index (χ0v) is 16.2. The lowest BCUT2D eigenvalue weighted by molar-refractivity contribution is -0.384. The fraction of sp³-hybridized carbons (Fsp3) is 0.0952. The van der Waals surface area contributed by atoms with Gasteiger partial charge >= 0.3 is 6.03 Å². The molecule has 3 heterocycles. The number of imide groups is 2. The fourth-order valence-corrected chi connectivity index (χ4v) is 3.10. The van der Waals surface area contributed by atoms with Gasteiger partial charge in [0, 0.05) is 17.7 Å². The molecule has 1 aliphatic heterocycles. The minimum Gasteiger partial charge on any atom is -0.467 e. The second-order valence-electron chi connectivity index (χ2n) is 6.75. The second kappa shape index (κ2) is 7.75. The molecule has 31 heavy (non-hydrogen) atoms. The highest BCUT2D eigenvalue weighted by atomic mass is 16.6. The highest BCUT2D eigenvalue weighted by Gasteiger charge is 2.36. The third-order valence-electron chi connectivity index (χ3n) is 4.69. The lowest BCUT2D eigenvalue weighted by Crippen LogP contribution is -2.53. The molecule has 2 aromatic heterocycles. The van der Waals surface area contributed by atoms with E-state index in [4.69, 9.17) is 8.83 Å². The first-order valence-corrected chi connectivity index (χ1v) is 9.10. The number of benzene rings is 1. The molecule has 10 heteroatoms. The van der Waals surface area contributed by atoms with E-state index < -0.39 is 22.8 Å². The number of amides is 4. The normalized spacial score (nSPS) is 15.5. The summed E-state index contributed by atoms with van der Waals surface area (Å²) < 4.78 is 10.9. The van der Waals surface area contributed by atoms with E-state index in [1.165, 1.54) is 30.5 Å². The van der Waals surface area contributed by atoms with Crippen molar-refractivity contribution in [2.24, 2.45) is 0 Å². The number of furan rings is 2. The minimum absolute atomic E-state index is 0.0918. The predicted octanol–water partition coefficient (Wildman–Crippen LogP) is 3.42.